The van der Waals surface area contributed by atoms with Crippen LogP contribution in [0.25, 0.3) is 27.7 Å². The Hall–Kier alpha value is -6.94. The monoisotopic (exact) mass is 1100 g/mol. The molecule has 406 valence electrons. The number of aromatic hydroxyl groups is 2. The van der Waals surface area contributed by atoms with Crippen LogP contribution in [-0.2, 0) is 25.5 Å². The van der Waals surface area contributed by atoms with Gasteiger partial charge in [-0.15, -0.1) is 0 Å². The summed E-state index contributed by atoms with van der Waals surface area (Å²) >= 11 is 0. The lowest BCUT2D eigenvalue weighted by atomic mass is 9.63. The number of aliphatic hydroxyl groups is 2. The summed E-state index contributed by atoms with van der Waals surface area (Å²) in [6.45, 7) is 3.58. The number of carbonyl (C=O) groups excluding carboxylic acids is 2. The number of allylic oxidation sites excluding steroid dienone is 4. The molecule has 1 spiro atoms. The van der Waals surface area contributed by atoms with Crippen LogP contribution in [0.1, 0.15) is 64.4 Å². The number of hydrogen-bond acceptors (Lipinski definition) is 16. The number of aliphatic carboxylic acids is 1. The number of ether oxygens (including phenoxy) is 3. The van der Waals surface area contributed by atoms with Crippen molar-refractivity contribution >= 4 is 55.8 Å². The Morgan fingerprint density at radius 1 is 0.974 bits per heavy atom. The van der Waals surface area contributed by atoms with Gasteiger partial charge in [0.25, 0.3) is 5.91 Å². The summed E-state index contributed by atoms with van der Waals surface area (Å²) in [6.07, 6.45) is 10.6. The maximum atomic E-state index is 14.5. The van der Waals surface area contributed by atoms with Crippen molar-refractivity contribution in [2.75, 3.05) is 37.9 Å². The molecule has 78 heavy (non-hydrogen) atoms. The van der Waals surface area contributed by atoms with Gasteiger partial charge in [-0.2, -0.15) is 0 Å². The Morgan fingerprint density at radius 3 is 2.49 bits per heavy atom. The molecule has 9 atom stereocenters. The molecule has 0 unspecified atom stereocenters. The standard InChI is InChI=1S/C59H60N4O13S2/c1-34(6-9-36-10-11-37(44-5-3-2-4-43(36)44)22-26-61-25-21-35-7-14-40(64)15-8-35)46-30-63-32-58(72)56(74-42-18-19-45-48(28-42)75-52(53(60)68)50(51(45)67)38-12-16-41(65)17-13-38)76-57(55(70)71)24-20-49(66)59(58,54(57)69)73-33-78-77-31-47(46)39-23-27-62-29-39/h2-5,7-20,23-24,27-29,34,37,46-47,54,56,61-65,69,72H,6,21-22,25-26,30-33H2,1H3,(H2,60,68)(H,70,71)/b36-9+/t34-,37-,46-,47+,54-,56-,57-,58+,59-/m1/s1. The molecule has 0 saturated carbocycles. The molecular weight excluding hydrogens is 1040 g/mol. The van der Waals surface area contributed by atoms with Crippen LogP contribution in [0.15, 0.2) is 149 Å². The number of amides is 1. The smallest absolute Gasteiger partial charge is 0.343 e. The van der Waals surface area contributed by atoms with Gasteiger partial charge in [0.05, 0.1) is 10.9 Å². The Morgan fingerprint density at radius 2 is 1.74 bits per heavy atom. The minimum absolute atomic E-state index is 0.00315. The van der Waals surface area contributed by atoms with E-state index in [2.05, 4.69) is 65.0 Å². The summed E-state index contributed by atoms with van der Waals surface area (Å²) in [7, 11) is 2.73. The zero-order chi connectivity index (χ0) is 54.8. The second-order valence-electron chi connectivity index (χ2n) is 20.2. The number of β-amino-alcohol motifs (C(OH)–C–C–N with tert-alkyl or cyclic N) is 1. The number of H-pyrrole nitrogens is 1. The quantitative estimate of drug-likeness (QED) is 0.0364. The van der Waals surface area contributed by atoms with Gasteiger partial charge in [0.15, 0.2) is 17.0 Å². The van der Waals surface area contributed by atoms with Crippen LogP contribution in [0, 0.1) is 11.8 Å². The third-order valence-corrected chi connectivity index (χ3v) is 17.7. The molecule has 4 aliphatic rings. The molecule has 10 N–H and O–H groups in total. The normalized spacial score (nSPS) is 27.0. The van der Waals surface area contributed by atoms with Gasteiger partial charge in [-0.05, 0) is 145 Å². The number of aromatic amines is 1. The lowest BCUT2D eigenvalue weighted by Gasteiger charge is -2.59. The summed E-state index contributed by atoms with van der Waals surface area (Å²) in [5.74, 6) is -3.70. The van der Waals surface area contributed by atoms with Gasteiger partial charge in [0.1, 0.15) is 34.9 Å². The second-order valence-corrected chi connectivity index (χ2v) is 22.7. The number of carbonyl (C=O) groups is 3. The number of ketones is 1. The van der Waals surface area contributed by atoms with E-state index in [1.165, 1.54) is 75.2 Å². The van der Waals surface area contributed by atoms with E-state index in [4.69, 9.17) is 24.4 Å². The Balaban J connectivity index is 0.936. The number of phenolic OH excluding ortho intramolecular Hbond substituents is 2. The van der Waals surface area contributed by atoms with E-state index in [1.54, 1.807) is 12.1 Å². The molecule has 2 aromatic heterocycles. The van der Waals surface area contributed by atoms with Crippen LogP contribution >= 0.6 is 21.6 Å². The number of primary amides is 1. The van der Waals surface area contributed by atoms with Crippen LogP contribution in [0.5, 0.6) is 17.2 Å². The average Bonchev–Trinajstić information content (AvgIpc) is 4.04. The third-order valence-electron chi connectivity index (χ3n) is 15.6. The van der Waals surface area contributed by atoms with Gasteiger partial charge >= 0.3 is 5.97 Å². The van der Waals surface area contributed by atoms with Gasteiger partial charge in [0, 0.05) is 36.7 Å². The minimum atomic E-state index is -2.67. The van der Waals surface area contributed by atoms with E-state index in [0.717, 1.165) is 54.8 Å². The number of aliphatic hydroxyl groups excluding tert-OH is 1. The fraction of sp³-hybridized carbons (Fsp3) is 0.322. The molecule has 2 aliphatic heterocycles. The SMILES string of the molecule is C[C@H](C/C=C1\C=C[C@H](CCNCCc2ccc(O)cc2)c2ccccc21)[C@H]1CNC[C@]2(O)[C@H](Oc3ccc4c(=O)c(-c5ccc(O)cc5)c(C(N)=O)oc4c3)O[C@]3(C(=O)O)C=CC(=O)[C@@]2(OCSSC[C@H]1c1cc[nH]c1)[C@@H]3O. The first kappa shape index (κ1) is 54.4. The lowest BCUT2D eigenvalue weighted by Crippen LogP contribution is -2.85. The molecule has 4 aromatic carbocycles. The molecule has 4 heterocycles. The van der Waals surface area contributed by atoms with E-state index in [0.29, 0.717) is 12.2 Å². The first-order valence-electron chi connectivity index (χ1n) is 25.7. The number of nitrogens with two attached hydrogens (primary N) is 1. The highest BCUT2D eigenvalue weighted by Gasteiger charge is 2.77. The predicted octanol–water partition coefficient (Wildman–Crippen LogP) is 7.17. The fourth-order valence-corrected chi connectivity index (χ4v) is 13.4. The van der Waals surface area contributed by atoms with E-state index in [9.17, 15) is 44.7 Å². The van der Waals surface area contributed by atoms with Crippen LogP contribution in [0.2, 0.25) is 0 Å². The molecule has 1 amide bonds. The van der Waals surface area contributed by atoms with E-state index in [-0.39, 0.29) is 75.5 Å². The number of carboxylic acids is 1. The first-order chi connectivity index (χ1) is 37.6. The van der Waals surface area contributed by atoms with Crippen molar-refractivity contribution < 1.29 is 58.5 Å². The predicted molar refractivity (Wildman–Crippen MR) is 297 cm³/mol. The highest BCUT2D eigenvalue weighted by molar-refractivity contribution is 8.76. The summed E-state index contributed by atoms with van der Waals surface area (Å²) in [6, 6.07) is 27.3. The molecular formula is C59H60N4O13S2. The van der Waals surface area contributed by atoms with E-state index in [1.807, 2.05) is 30.6 Å². The zero-order valence-corrected chi connectivity index (χ0v) is 44.1. The summed E-state index contributed by atoms with van der Waals surface area (Å²) in [4.78, 5) is 57.8. The molecule has 2 saturated heterocycles. The molecule has 19 heteroatoms. The minimum Gasteiger partial charge on any atom is -0.508 e. The number of benzene rings is 4. The van der Waals surface area contributed by atoms with Crippen LogP contribution < -0.4 is 26.5 Å². The third kappa shape index (κ3) is 10.3. The van der Waals surface area contributed by atoms with Gasteiger partial charge in [0.2, 0.25) is 23.1 Å². The number of hydrogen-bond donors (Lipinski definition) is 9. The maximum absolute atomic E-state index is 14.5. The van der Waals surface area contributed by atoms with Crippen LogP contribution in [0.3, 0.4) is 0 Å². The fourth-order valence-electron chi connectivity index (χ4n) is 11.3. The summed E-state index contributed by atoms with van der Waals surface area (Å²) in [5, 5.41) is 62.8. The van der Waals surface area contributed by atoms with Crippen molar-refractivity contribution in [2.24, 2.45) is 17.6 Å². The van der Waals surface area contributed by atoms with Crippen molar-refractivity contribution in [3.8, 4) is 28.4 Å². The maximum Gasteiger partial charge on any atom is 0.343 e. The molecule has 10 rings (SSSR count). The molecule has 2 fully saturated rings. The number of rotatable bonds is 15. The number of aromatic nitrogens is 1. The van der Waals surface area contributed by atoms with Crippen molar-refractivity contribution in [2.45, 2.75) is 67.2 Å². The Kier molecular flexibility index (Phi) is 15.9. The van der Waals surface area contributed by atoms with Crippen molar-refractivity contribution in [1.29, 1.82) is 0 Å². The van der Waals surface area contributed by atoms with Crippen LogP contribution in [0.4, 0.5) is 0 Å². The first-order valence-corrected chi connectivity index (χ1v) is 28.2. The average molecular weight is 1100 g/mol. The van der Waals surface area contributed by atoms with Gasteiger partial charge in [-0.1, -0.05) is 95.3 Å². The molecule has 0 radical (unpaired) electrons. The second kappa shape index (κ2) is 22.8. The molecule has 2 aliphatic carbocycles. The Labute approximate surface area is 457 Å². The molecule has 2 bridgehead atoms. The highest BCUT2D eigenvalue weighted by atomic mass is 33.1. The Bertz CT molecular complexity index is 3350. The van der Waals surface area contributed by atoms with Crippen molar-refractivity contribution in [3.63, 3.8) is 0 Å². The number of phenols is 2. The summed E-state index contributed by atoms with van der Waals surface area (Å²) < 4.78 is 24.9. The topological polar surface area (TPSA) is 276 Å². The highest BCUT2D eigenvalue weighted by Crippen LogP contribution is 2.51. The largest absolute Gasteiger partial charge is 0.508 e. The summed E-state index contributed by atoms with van der Waals surface area (Å²) in [5.41, 5.74) is 2.81. The van der Waals surface area contributed by atoms with Crippen molar-refractivity contribution in [1.82, 2.24) is 15.6 Å². The van der Waals surface area contributed by atoms with Gasteiger partial charge in [-0.25, -0.2) is 4.79 Å². The molecule has 17 nitrogen and oxygen atoms in total. The van der Waals surface area contributed by atoms with Crippen LogP contribution in [-0.4, -0.2) is 115 Å². The lowest BCUT2D eigenvalue weighted by molar-refractivity contribution is -0.360. The number of carboxylic acid groups (broad SMARTS) is 1. The van der Waals surface area contributed by atoms with E-state index >= 15 is 0 Å². The number of fused-ring (bicyclic) bond motifs is 3. The van der Waals surface area contributed by atoms with Gasteiger partial charge in [-0.3, -0.25) is 14.4 Å². The molecule has 6 aromatic rings. The number of nitrogens with one attached hydrogen (secondary N) is 3. The van der Waals surface area contributed by atoms with Crippen molar-refractivity contribution in [3.05, 3.63) is 178 Å². The van der Waals surface area contributed by atoms with E-state index < -0.39 is 64.6 Å². The zero-order valence-electron chi connectivity index (χ0n) is 42.5. The van der Waals surface area contributed by atoms with Gasteiger partial charge < -0.3 is 65.5 Å².